The molecule has 1 aliphatic rings. The van der Waals surface area contributed by atoms with E-state index in [4.69, 9.17) is 10.7 Å². The second-order valence-corrected chi connectivity index (χ2v) is 10.7. The molecule has 8 heteroatoms. The zero-order chi connectivity index (χ0) is 20.5. The predicted octanol–water partition coefficient (Wildman–Crippen LogP) is 6.65. The van der Waals surface area contributed by atoms with Crippen molar-refractivity contribution in [1.82, 2.24) is 9.97 Å². The van der Waals surface area contributed by atoms with E-state index in [2.05, 4.69) is 70.1 Å². The van der Waals surface area contributed by atoms with Gasteiger partial charge in [-0.2, -0.15) is 0 Å². The second-order valence-electron chi connectivity index (χ2n) is 6.61. The molecule has 5 rings (SSSR count). The van der Waals surface area contributed by atoms with Gasteiger partial charge < -0.3 is 10.6 Å². The largest absolute Gasteiger partial charge is 0.303 e. The third-order valence-corrected chi connectivity index (χ3v) is 8.64. The lowest BCUT2D eigenvalue weighted by molar-refractivity contribution is 0.848. The quantitative estimate of drug-likeness (QED) is 0.353. The van der Waals surface area contributed by atoms with Crippen LogP contribution in [0.4, 0.5) is 5.82 Å². The minimum atomic E-state index is -0.155. The number of thiophene rings is 1. The van der Waals surface area contributed by atoms with E-state index in [1.807, 2.05) is 18.5 Å². The molecule has 4 heterocycles. The molecular weight excluding hydrogens is 449 g/mol. The van der Waals surface area contributed by atoms with Gasteiger partial charge in [0.25, 0.3) is 0 Å². The van der Waals surface area contributed by atoms with Gasteiger partial charge in [-0.25, -0.2) is 4.98 Å². The number of nitrogens with zero attached hydrogens (tertiary/aromatic N) is 3. The summed E-state index contributed by atoms with van der Waals surface area (Å²) in [4.78, 5) is 16.0. The molecule has 1 atom stereocenters. The summed E-state index contributed by atoms with van der Waals surface area (Å²) in [6, 6.07) is 16.7. The highest BCUT2D eigenvalue weighted by Crippen LogP contribution is 2.43. The third-order valence-electron chi connectivity index (χ3n) is 4.56. The van der Waals surface area contributed by atoms with Crippen LogP contribution in [0.2, 0.25) is 0 Å². The van der Waals surface area contributed by atoms with E-state index in [-0.39, 0.29) is 5.50 Å². The molecular formula is C22H18N4S4. The predicted molar refractivity (Wildman–Crippen MR) is 130 cm³/mol. The Morgan fingerprint density at radius 1 is 1.00 bits per heavy atom. The van der Waals surface area contributed by atoms with Gasteiger partial charge >= 0.3 is 0 Å². The van der Waals surface area contributed by atoms with Gasteiger partial charge in [0.05, 0.1) is 15.1 Å². The number of allylic oxidation sites excluding steroid dienone is 1. The molecule has 30 heavy (non-hydrogen) atoms. The van der Waals surface area contributed by atoms with Crippen molar-refractivity contribution in [3.05, 3.63) is 77.4 Å². The fraction of sp³-hybridized carbons (Fsp3) is 0.0909. The van der Waals surface area contributed by atoms with Crippen LogP contribution in [-0.4, -0.2) is 15.5 Å². The molecule has 0 bridgehead atoms. The Morgan fingerprint density at radius 2 is 1.83 bits per heavy atom. The van der Waals surface area contributed by atoms with Crippen molar-refractivity contribution in [3.8, 4) is 0 Å². The maximum Gasteiger partial charge on any atom is 0.148 e. The number of nitrogens with two attached hydrogens (primary N) is 1. The molecule has 1 aliphatic heterocycles. The number of anilines is 1. The Balaban J connectivity index is 1.54. The number of aromatic nitrogens is 2. The molecule has 3 aromatic heterocycles. The summed E-state index contributed by atoms with van der Waals surface area (Å²) in [5, 5.41) is 4.18. The highest BCUT2D eigenvalue weighted by atomic mass is 32.2. The van der Waals surface area contributed by atoms with Gasteiger partial charge in [0.15, 0.2) is 0 Å². The van der Waals surface area contributed by atoms with Gasteiger partial charge in [-0.1, -0.05) is 53.5 Å². The normalized spacial score (nSPS) is 16.3. The van der Waals surface area contributed by atoms with Crippen LogP contribution in [0.3, 0.4) is 0 Å². The van der Waals surface area contributed by atoms with Crippen LogP contribution in [0.1, 0.15) is 6.92 Å². The highest BCUT2D eigenvalue weighted by molar-refractivity contribution is 8.03. The van der Waals surface area contributed by atoms with Gasteiger partial charge in [-0.15, -0.1) is 11.3 Å². The number of thioether (sulfide) groups is 1. The summed E-state index contributed by atoms with van der Waals surface area (Å²) in [7, 11) is 0. The van der Waals surface area contributed by atoms with Gasteiger partial charge in [-0.3, -0.25) is 4.98 Å². The Morgan fingerprint density at radius 3 is 2.63 bits per heavy atom. The fourth-order valence-corrected chi connectivity index (χ4v) is 6.96. The van der Waals surface area contributed by atoms with Crippen molar-refractivity contribution in [3.63, 3.8) is 0 Å². The second kappa shape index (κ2) is 8.64. The molecule has 0 radical (unpaired) electrons. The Hall–Kier alpha value is -1.97. The molecule has 0 amide bonds. The molecule has 2 N–H and O–H groups in total. The molecule has 0 aliphatic carbocycles. The van der Waals surface area contributed by atoms with Gasteiger partial charge in [0.1, 0.15) is 11.3 Å². The number of rotatable bonds is 5. The number of pyridine rings is 2. The lowest BCUT2D eigenvalue weighted by Gasteiger charge is -2.26. The van der Waals surface area contributed by atoms with Crippen molar-refractivity contribution in [2.45, 2.75) is 32.0 Å². The summed E-state index contributed by atoms with van der Waals surface area (Å²) in [5.41, 5.74) is 8.35. The van der Waals surface area contributed by atoms with Crippen LogP contribution in [0.15, 0.2) is 97.0 Å². The first-order valence-electron chi connectivity index (χ1n) is 9.29. The smallest absolute Gasteiger partial charge is 0.148 e. The molecule has 4 nitrogen and oxygen atoms in total. The minimum Gasteiger partial charge on any atom is -0.303 e. The maximum atomic E-state index is 6.35. The molecule has 0 saturated heterocycles. The standard InChI is InChI=1S/C22H18N4S4/c1-14-13-28-22(23)26(14)21-19(29-15-5-3-2-4-6-15)11-16(12-25-21)30-18-7-9-24-17-8-10-27-20(17)18/h2-13,22H,23H2,1H3. The number of benzene rings is 1. The van der Waals surface area contributed by atoms with Gasteiger partial charge in [0.2, 0.25) is 0 Å². The van der Waals surface area contributed by atoms with Crippen molar-refractivity contribution in [2.24, 2.45) is 5.73 Å². The van der Waals surface area contributed by atoms with E-state index in [0.29, 0.717) is 0 Å². The zero-order valence-corrected chi connectivity index (χ0v) is 19.3. The van der Waals surface area contributed by atoms with Crippen molar-refractivity contribution in [2.75, 3.05) is 4.90 Å². The summed E-state index contributed by atoms with van der Waals surface area (Å²) in [6.07, 6.45) is 3.81. The van der Waals surface area contributed by atoms with E-state index in [1.165, 1.54) is 14.5 Å². The summed E-state index contributed by atoms with van der Waals surface area (Å²) < 4.78 is 1.21. The Kier molecular flexibility index (Phi) is 5.75. The number of fused-ring (bicyclic) bond motifs is 1. The van der Waals surface area contributed by atoms with Crippen molar-refractivity contribution >= 4 is 62.7 Å². The first-order valence-corrected chi connectivity index (χ1v) is 12.7. The fourth-order valence-electron chi connectivity index (χ4n) is 3.18. The van der Waals surface area contributed by atoms with Gasteiger partial charge in [-0.05, 0) is 48.0 Å². The minimum absolute atomic E-state index is 0.155. The molecule has 0 spiro atoms. The average Bonchev–Trinajstić information content (AvgIpc) is 3.37. The van der Waals surface area contributed by atoms with E-state index in [0.717, 1.165) is 26.8 Å². The van der Waals surface area contributed by atoms with Crippen molar-refractivity contribution < 1.29 is 0 Å². The van der Waals surface area contributed by atoms with E-state index < -0.39 is 0 Å². The maximum absolute atomic E-state index is 6.35. The van der Waals surface area contributed by atoms with Crippen LogP contribution < -0.4 is 10.6 Å². The highest BCUT2D eigenvalue weighted by Gasteiger charge is 2.26. The summed E-state index contributed by atoms with van der Waals surface area (Å²) in [5.74, 6) is 0.899. The topological polar surface area (TPSA) is 55.0 Å². The summed E-state index contributed by atoms with van der Waals surface area (Å²) >= 11 is 6.77. The molecule has 4 aromatic rings. The lowest BCUT2D eigenvalue weighted by atomic mass is 10.4. The molecule has 0 fully saturated rings. The van der Waals surface area contributed by atoms with Crippen LogP contribution in [0.5, 0.6) is 0 Å². The average molecular weight is 467 g/mol. The first-order chi connectivity index (χ1) is 14.7. The Bertz CT molecular complexity index is 1220. The summed E-state index contributed by atoms with van der Waals surface area (Å²) in [6.45, 7) is 2.08. The van der Waals surface area contributed by atoms with Crippen LogP contribution >= 0.6 is 46.6 Å². The SMILES string of the molecule is CC1=CSC(N)N1c1ncc(Sc2ccnc3ccsc23)cc1Sc1ccccc1. The van der Waals surface area contributed by atoms with Crippen LogP contribution in [-0.2, 0) is 0 Å². The van der Waals surface area contributed by atoms with E-state index in [9.17, 15) is 0 Å². The molecule has 1 aromatic carbocycles. The molecule has 150 valence electrons. The first kappa shape index (κ1) is 20.0. The van der Waals surface area contributed by atoms with Crippen LogP contribution in [0, 0.1) is 0 Å². The molecule has 0 saturated carbocycles. The van der Waals surface area contributed by atoms with Crippen molar-refractivity contribution in [1.29, 1.82) is 0 Å². The number of hydrogen-bond donors (Lipinski definition) is 1. The zero-order valence-electron chi connectivity index (χ0n) is 16.1. The lowest BCUT2D eigenvalue weighted by Crippen LogP contribution is -2.35. The van der Waals surface area contributed by atoms with E-state index in [1.54, 1.807) is 46.6 Å². The van der Waals surface area contributed by atoms with Crippen LogP contribution in [0.25, 0.3) is 10.2 Å². The molecule has 1 unspecified atom stereocenters. The monoisotopic (exact) mass is 466 g/mol. The number of hydrogen-bond acceptors (Lipinski definition) is 8. The third kappa shape index (κ3) is 3.98. The van der Waals surface area contributed by atoms with Gasteiger partial charge in [0, 0.05) is 32.8 Å². The Labute approximate surface area is 192 Å². The van der Waals surface area contributed by atoms with E-state index >= 15 is 0 Å².